The number of allylic oxidation sites excluding steroid dienone is 1. The summed E-state index contributed by atoms with van der Waals surface area (Å²) in [6.45, 7) is 0. The van der Waals surface area contributed by atoms with Gasteiger partial charge in [-0.05, 0) is 17.7 Å². The topological polar surface area (TPSA) is 40.1 Å². The molecule has 0 N–H and O–H groups in total. The molecule has 2 nitrogen and oxygen atoms in total. The third-order valence-corrected chi connectivity index (χ3v) is 5.54. The average Bonchev–Trinajstić information content (AvgIpc) is 2.80. The van der Waals surface area contributed by atoms with E-state index in [1.54, 1.807) is 0 Å². The second kappa shape index (κ2) is 7.44. The van der Waals surface area contributed by atoms with Gasteiger partial charge in [0.05, 0.1) is 0 Å². The molecule has 1 fully saturated rings. The van der Waals surface area contributed by atoms with Gasteiger partial charge in [-0.1, -0.05) is 17.9 Å². The summed E-state index contributed by atoms with van der Waals surface area (Å²) in [5.41, 5.74) is -8.50. The van der Waals surface area contributed by atoms with Crippen molar-refractivity contribution in [2.75, 3.05) is 0 Å². The van der Waals surface area contributed by atoms with Gasteiger partial charge in [-0.25, -0.2) is 17.6 Å². The van der Waals surface area contributed by atoms with E-state index in [0.29, 0.717) is 0 Å². The van der Waals surface area contributed by atoms with Gasteiger partial charge < -0.3 is 5.11 Å². The van der Waals surface area contributed by atoms with Crippen molar-refractivity contribution in [3.63, 3.8) is 0 Å². The zero-order valence-corrected chi connectivity index (χ0v) is 16.3. The number of hydrogen-bond acceptors (Lipinski definition) is 2. The van der Waals surface area contributed by atoms with Gasteiger partial charge in [0, 0.05) is 10.8 Å². The van der Waals surface area contributed by atoms with Crippen LogP contribution >= 0.6 is 0 Å². The zero-order chi connectivity index (χ0) is 28.0. The van der Waals surface area contributed by atoms with Crippen molar-refractivity contribution in [1.29, 1.82) is 0 Å². The minimum Gasteiger partial charge on any atom is -0.872 e. The molecular weight excluding hydrogens is 545 g/mol. The number of carbonyl (C=O) groups is 1. The summed E-state index contributed by atoms with van der Waals surface area (Å²) in [5.74, 6) is -45.3. The Labute approximate surface area is 187 Å². The molecule has 36 heavy (non-hydrogen) atoms. The molecular formula is C19H4F15O2-. The SMILES string of the molecule is O=C(/C=C(\[O-])c1ccc2c(F)c(F)c(F)c(F)c2c1)C1(C(F)(F)F)C(F)(F)C(F)(F)C(F)(F)C1(F)F. The molecule has 0 radical (unpaired) electrons. The van der Waals surface area contributed by atoms with Crippen LogP contribution in [0.2, 0.25) is 0 Å². The van der Waals surface area contributed by atoms with E-state index < -0.39 is 92.5 Å². The van der Waals surface area contributed by atoms with Crippen molar-refractivity contribution >= 4 is 22.3 Å². The summed E-state index contributed by atoms with van der Waals surface area (Å²) in [4.78, 5) is 12.0. The molecule has 3 rings (SSSR count). The monoisotopic (exact) mass is 549 g/mol. The molecule has 0 bridgehead atoms. The van der Waals surface area contributed by atoms with Crippen LogP contribution in [0.15, 0.2) is 24.3 Å². The van der Waals surface area contributed by atoms with Gasteiger partial charge in [-0.2, -0.15) is 48.3 Å². The number of benzene rings is 2. The van der Waals surface area contributed by atoms with E-state index in [2.05, 4.69) is 0 Å². The van der Waals surface area contributed by atoms with Crippen molar-refractivity contribution in [2.24, 2.45) is 5.41 Å². The first-order chi connectivity index (χ1) is 16.0. The summed E-state index contributed by atoms with van der Waals surface area (Å²) in [6, 6.07) is 0.516. The van der Waals surface area contributed by atoms with Crippen LogP contribution in [0.4, 0.5) is 65.9 Å². The summed E-state index contributed by atoms with van der Waals surface area (Å²) < 4.78 is 205. The Morgan fingerprint density at radius 3 is 1.53 bits per heavy atom. The van der Waals surface area contributed by atoms with Gasteiger partial charge in [0.15, 0.2) is 29.1 Å². The second-order valence-electron chi connectivity index (χ2n) is 7.43. The fourth-order valence-electron chi connectivity index (χ4n) is 3.68. The largest absolute Gasteiger partial charge is 0.872 e. The van der Waals surface area contributed by atoms with Crippen LogP contribution in [0.5, 0.6) is 0 Å². The highest BCUT2D eigenvalue weighted by Crippen LogP contribution is 2.75. The number of alkyl halides is 11. The Balaban J connectivity index is 2.29. The standard InChI is InChI=1S/C19H5F15O2/c20-10-6-2-1-5(3-7(6)11(21)13(23)12(10)22)8(35)4-9(36)14(19(32,33)34)15(24,25)17(28,29)18(30,31)16(14,26)27/h1-4,35H/p-1/b8-4-. The van der Waals surface area contributed by atoms with E-state index in [-0.39, 0.29) is 18.2 Å². The minimum absolute atomic E-state index is 0.0107. The third kappa shape index (κ3) is 2.87. The van der Waals surface area contributed by atoms with E-state index in [0.717, 1.165) is 0 Å². The molecule has 0 aromatic heterocycles. The molecule has 2 aromatic rings. The quantitative estimate of drug-likeness (QED) is 0.161. The van der Waals surface area contributed by atoms with Crippen LogP contribution in [0, 0.1) is 28.7 Å². The first-order valence-electron chi connectivity index (χ1n) is 8.81. The van der Waals surface area contributed by atoms with Crippen molar-refractivity contribution in [3.05, 3.63) is 53.1 Å². The van der Waals surface area contributed by atoms with Gasteiger partial charge in [0.2, 0.25) is 0 Å². The van der Waals surface area contributed by atoms with Crippen LogP contribution in [-0.2, 0) is 4.79 Å². The molecule has 0 unspecified atom stereocenters. The van der Waals surface area contributed by atoms with Crippen LogP contribution in [-0.4, -0.2) is 35.6 Å². The lowest BCUT2D eigenvalue weighted by Crippen LogP contribution is -2.64. The van der Waals surface area contributed by atoms with E-state index in [4.69, 9.17) is 0 Å². The lowest BCUT2D eigenvalue weighted by atomic mass is 9.74. The van der Waals surface area contributed by atoms with Crippen molar-refractivity contribution in [3.8, 4) is 0 Å². The molecule has 1 aliphatic rings. The van der Waals surface area contributed by atoms with Gasteiger partial charge in [-0.15, -0.1) is 0 Å². The predicted molar refractivity (Wildman–Crippen MR) is 85.0 cm³/mol. The second-order valence-corrected chi connectivity index (χ2v) is 7.43. The molecule has 17 heteroatoms. The normalized spacial score (nSPS) is 22.1. The minimum atomic E-state index is -7.52. The molecule has 0 saturated heterocycles. The zero-order valence-electron chi connectivity index (χ0n) is 16.3. The first-order valence-corrected chi connectivity index (χ1v) is 8.81. The number of carbonyl (C=O) groups excluding carboxylic acids is 1. The molecule has 0 atom stereocenters. The molecule has 2 aromatic carbocycles. The van der Waals surface area contributed by atoms with E-state index in [1.165, 1.54) is 0 Å². The number of ketones is 1. The molecule has 1 aliphatic carbocycles. The van der Waals surface area contributed by atoms with Crippen molar-refractivity contribution < 1.29 is 75.8 Å². The van der Waals surface area contributed by atoms with Crippen LogP contribution in [0.3, 0.4) is 0 Å². The number of fused-ring (bicyclic) bond motifs is 1. The number of rotatable bonds is 3. The highest BCUT2D eigenvalue weighted by molar-refractivity contribution is 6.02. The Kier molecular flexibility index (Phi) is 5.67. The fourth-order valence-corrected chi connectivity index (χ4v) is 3.68. The van der Waals surface area contributed by atoms with Crippen LogP contribution in [0.25, 0.3) is 16.5 Å². The highest BCUT2D eigenvalue weighted by Gasteiger charge is 3.06. The Morgan fingerprint density at radius 2 is 1.11 bits per heavy atom. The van der Waals surface area contributed by atoms with Gasteiger partial charge in [-0.3, -0.25) is 4.79 Å². The summed E-state index contributed by atoms with van der Waals surface area (Å²) in [6.07, 6.45) is -8.82. The van der Waals surface area contributed by atoms with E-state index >= 15 is 0 Å². The maximum atomic E-state index is 14.1. The van der Waals surface area contributed by atoms with Crippen LogP contribution in [0.1, 0.15) is 5.56 Å². The highest BCUT2D eigenvalue weighted by atomic mass is 19.4. The number of hydrogen-bond donors (Lipinski definition) is 0. The molecule has 1 saturated carbocycles. The summed E-state index contributed by atoms with van der Waals surface area (Å²) in [5, 5.41) is 9.70. The van der Waals surface area contributed by atoms with Gasteiger partial charge in [0.25, 0.3) is 5.41 Å². The lowest BCUT2D eigenvalue weighted by Gasteiger charge is -2.37. The number of halogens is 15. The van der Waals surface area contributed by atoms with Crippen molar-refractivity contribution in [2.45, 2.75) is 29.9 Å². The smallest absolute Gasteiger partial charge is 0.414 e. The Hall–Kier alpha value is -3.14. The maximum absolute atomic E-state index is 14.1. The molecule has 0 spiro atoms. The van der Waals surface area contributed by atoms with Gasteiger partial charge >= 0.3 is 29.9 Å². The average molecular weight is 549 g/mol. The van der Waals surface area contributed by atoms with E-state index in [1.807, 2.05) is 0 Å². The Morgan fingerprint density at radius 1 is 0.694 bits per heavy atom. The molecule has 198 valence electrons. The summed E-state index contributed by atoms with van der Waals surface area (Å²) >= 11 is 0. The summed E-state index contributed by atoms with van der Waals surface area (Å²) in [7, 11) is 0. The Bertz CT molecular complexity index is 1280. The van der Waals surface area contributed by atoms with Gasteiger partial charge in [0.1, 0.15) is 0 Å². The molecule has 0 amide bonds. The fraction of sp³-hybridized carbons (Fsp3) is 0.316. The van der Waals surface area contributed by atoms with Crippen LogP contribution < -0.4 is 5.11 Å². The van der Waals surface area contributed by atoms with Crippen molar-refractivity contribution in [1.82, 2.24) is 0 Å². The molecule has 0 aliphatic heterocycles. The maximum Gasteiger partial charge on any atom is 0.414 e. The first kappa shape index (κ1) is 27.4. The third-order valence-electron chi connectivity index (χ3n) is 5.54. The van der Waals surface area contributed by atoms with E-state index in [9.17, 15) is 75.8 Å². The lowest BCUT2D eigenvalue weighted by molar-refractivity contribution is -0.341. The predicted octanol–water partition coefficient (Wildman–Crippen LogP) is 5.77. The molecule has 0 heterocycles.